The Morgan fingerprint density at radius 1 is 0.966 bits per heavy atom. The Bertz CT molecular complexity index is 1160. The van der Waals surface area contributed by atoms with Gasteiger partial charge in [0.2, 0.25) is 0 Å². The van der Waals surface area contributed by atoms with Crippen molar-refractivity contribution in [3.8, 4) is 5.75 Å². The fraction of sp³-hybridized carbons (Fsp3) is 0. The van der Waals surface area contributed by atoms with Crippen LogP contribution in [-0.2, 0) is 10.1 Å². The second-order valence-corrected chi connectivity index (χ2v) is 8.95. The van der Waals surface area contributed by atoms with Crippen LogP contribution in [0, 0.1) is 10.1 Å². The molecule has 3 aromatic carbocycles. The molecule has 0 fully saturated rings. The van der Waals surface area contributed by atoms with Gasteiger partial charge in [0.25, 0.3) is 5.69 Å². The predicted octanol–water partition coefficient (Wildman–Crippen LogP) is 5.64. The molecule has 0 spiro atoms. The van der Waals surface area contributed by atoms with Gasteiger partial charge in [0.1, 0.15) is 4.90 Å². The maximum absolute atomic E-state index is 12.4. The molecule has 148 valence electrons. The number of rotatable bonds is 6. The average molecular weight is 540 g/mol. The summed E-state index contributed by atoms with van der Waals surface area (Å²) in [6, 6.07) is 16.9. The summed E-state index contributed by atoms with van der Waals surface area (Å²) < 4.78 is 31.0. The van der Waals surface area contributed by atoms with Crippen LogP contribution in [0.1, 0.15) is 5.56 Å². The summed E-state index contributed by atoms with van der Waals surface area (Å²) in [5.41, 5.74) is 1.18. The molecule has 0 atom stereocenters. The number of nitro benzene ring substituents is 1. The summed E-state index contributed by atoms with van der Waals surface area (Å²) in [6.45, 7) is 0. The van der Waals surface area contributed by atoms with Crippen molar-refractivity contribution in [2.75, 3.05) is 0 Å². The fourth-order valence-electron chi connectivity index (χ4n) is 2.29. The first-order valence-electron chi connectivity index (χ1n) is 8.03. The Morgan fingerprint density at radius 3 is 2.10 bits per heavy atom. The maximum atomic E-state index is 12.4. The number of hydrogen-bond acceptors (Lipinski definition) is 6. The molecular weight excluding hydrogens is 528 g/mol. The van der Waals surface area contributed by atoms with Gasteiger partial charge in [-0.05, 0) is 73.8 Å². The van der Waals surface area contributed by atoms with Gasteiger partial charge in [-0.1, -0.05) is 18.2 Å². The number of non-ortho nitro benzene ring substituents is 1. The summed E-state index contributed by atoms with van der Waals surface area (Å²) in [7, 11) is -3.99. The van der Waals surface area contributed by atoms with Gasteiger partial charge < -0.3 is 4.18 Å². The molecule has 0 aliphatic heterocycles. The van der Waals surface area contributed by atoms with E-state index in [1.54, 1.807) is 36.5 Å². The summed E-state index contributed by atoms with van der Waals surface area (Å²) >= 11 is 6.64. The van der Waals surface area contributed by atoms with Crippen molar-refractivity contribution in [3.63, 3.8) is 0 Å². The summed E-state index contributed by atoms with van der Waals surface area (Å²) in [5, 5.41) is 10.7. The van der Waals surface area contributed by atoms with Crippen LogP contribution in [0.2, 0.25) is 0 Å². The Hall–Kier alpha value is -2.56. The minimum Gasteiger partial charge on any atom is -0.377 e. The van der Waals surface area contributed by atoms with E-state index in [0.29, 0.717) is 20.2 Å². The van der Waals surface area contributed by atoms with Crippen molar-refractivity contribution in [2.45, 2.75) is 4.90 Å². The quantitative estimate of drug-likeness (QED) is 0.175. The highest BCUT2D eigenvalue weighted by Gasteiger charge is 2.20. The topological polar surface area (TPSA) is 98.9 Å². The molecule has 3 rings (SSSR count). The largest absolute Gasteiger partial charge is 0.377 e. The van der Waals surface area contributed by atoms with Crippen molar-refractivity contribution < 1.29 is 17.5 Å². The lowest BCUT2D eigenvalue weighted by Gasteiger charge is -2.11. The van der Waals surface area contributed by atoms with E-state index in [1.807, 2.05) is 0 Å². The monoisotopic (exact) mass is 538 g/mol. The number of nitrogens with zero attached hydrogens (tertiary/aromatic N) is 2. The molecule has 0 aliphatic rings. The van der Waals surface area contributed by atoms with Crippen LogP contribution >= 0.6 is 31.9 Å². The number of benzene rings is 3. The van der Waals surface area contributed by atoms with Crippen molar-refractivity contribution in [1.82, 2.24) is 0 Å². The molecule has 0 amide bonds. The number of nitro groups is 1. The summed E-state index contributed by atoms with van der Waals surface area (Å²) in [5.74, 6) is 0.112. The first kappa shape index (κ1) is 21.2. The zero-order chi connectivity index (χ0) is 21.0. The van der Waals surface area contributed by atoms with E-state index in [4.69, 9.17) is 4.18 Å². The van der Waals surface area contributed by atoms with Crippen LogP contribution in [0.25, 0.3) is 0 Å². The molecule has 0 aromatic heterocycles. The molecule has 7 nitrogen and oxygen atoms in total. The van der Waals surface area contributed by atoms with Gasteiger partial charge in [-0.3, -0.25) is 15.1 Å². The lowest BCUT2D eigenvalue weighted by Crippen LogP contribution is -2.10. The third kappa shape index (κ3) is 5.28. The minimum absolute atomic E-state index is 0.0180. The molecule has 0 saturated heterocycles. The number of hydrogen-bond donors (Lipinski definition) is 0. The van der Waals surface area contributed by atoms with E-state index >= 15 is 0 Å². The highest BCUT2D eigenvalue weighted by molar-refractivity contribution is 9.11. The number of halogens is 2. The van der Waals surface area contributed by atoms with Gasteiger partial charge in [-0.15, -0.1) is 0 Å². The van der Waals surface area contributed by atoms with Gasteiger partial charge >= 0.3 is 10.1 Å². The van der Waals surface area contributed by atoms with Gasteiger partial charge in [-0.2, -0.15) is 8.42 Å². The van der Waals surface area contributed by atoms with Crippen LogP contribution in [0.4, 0.5) is 11.4 Å². The lowest BCUT2D eigenvalue weighted by molar-refractivity contribution is -0.384. The summed E-state index contributed by atoms with van der Waals surface area (Å²) in [6.07, 6.45) is 1.55. The van der Waals surface area contributed by atoms with Crippen LogP contribution in [-0.4, -0.2) is 19.6 Å². The molecule has 3 aromatic rings. The molecule has 0 N–H and O–H groups in total. The van der Waals surface area contributed by atoms with Crippen LogP contribution in [0.3, 0.4) is 0 Å². The first-order chi connectivity index (χ1) is 13.8. The first-order valence-corrected chi connectivity index (χ1v) is 11.0. The van der Waals surface area contributed by atoms with Crippen molar-refractivity contribution in [1.29, 1.82) is 0 Å². The minimum atomic E-state index is -3.99. The molecule has 0 bridgehead atoms. The average Bonchev–Trinajstić information content (AvgIpc) is 2.70. The molecular formula is C19H12Br2N2O5S. The fourth-order valence-corrected chi connectivity index (χ4v) is 4.87. The van der Waals surface area contributed by atoms with Gasteiger partial charge in [0.05, 0.1) is 19.6 Å². The van der Waals surface area contributed by atoms with Crippen molar-refractivity contribution >= 4 is 59.6 Å². The highest BCUT2D eigenvalue weighted by atomic mass is 79.9. The molecule has 10 heteroatoms. The van der Waals surface area contributed by atoms with Crippen molar-refractivity contribution in [3.05, 3.63) is 91.4 Å². The van der Waals surface area contributed by atoms with Gasteiger partial charge in [0.15, 0.2) is 5.75 Å². The predicted molar refractivity (Wildman–Crippen MR) is 116 cm³/mol. The maximum Gasteiger partial charge on any atom is 0.339 e. The third-order valence-corrected chi connectivity index (χ3v) is 6.08. The molecule has 0 unspecified atom stereocenters. The smallest absolute Gasteiger partial charge is 0.339 e. The zero-order valence-corrected chi connectivity index (χ0v) is 18.5. The Kier molecular flexibility index (Phi) is 6.46. The Balaban J connectivity index is 1.83. The van der Waals surface area contributed by atoms with E-state index in [2.05, 4.69) is 36.9 Å². The zero-order valence-electron chi connectivity index (χ0n) is 14.5. The Morgan fingerprint density at radius 2 is 1.55 bits per heavy atom. The van der Waals surface area contributed by atoms with E-state index in [0.717, 1.165) is 0 Å². The highest BCUT2D eigenvalue weighted by Crippen LogP contribution is 2.36. The van der Waals surface area contributed by atoms with Gasteiger partial charge in [-0.25, -0.2) is 0 Å². The second kappa shape index (κ2) is 8.85. The van der Waals surface area contributed by atoms with E-state index in [9.17, 15) is 18.5 Å². The van der Waals surface area contributed by atoms with Crippen LogP contribution < -0.4 is 4.18 Å². The van der Waals surface area contributed by atoms with E-state index < -0.39 is 15.0 Å². The van der Waals surface area contributed by atoms with E-state index in [-0.39, 0.29) is 16.3 Å². The van der Waals surface area contributed by atoms with Crippen molar-refractivity contribution in [2.24, 2.45) is 4.99 Å². The molecule has 29 heavy (non-hydrogen) atoms. The summed E-state index contributed by atoms with van der Waals surface area (Å²) in [4.78, 5) is 14.5. The van der Waals surface area contributed by atoms with E-state index in [1.165, 1.54) is 36.4 Å². The Labute approximate surface area is 183 Å². The normalized spacial score (nSPS) is 11.5. The van der Waals surface area contributed by atoms with Crippen LogP contribution in [0.15, 0.2) is 85.6 Å². The second-order valence-electron chi connectivity index (χ2n) is 5.70. The van der Waals surface area contributed by atoms with Crippen LogP contribution in [0.5, 0.6) is 5.75 Å². The number of aliphatic imine (C=N–C) groups is 1. The molecule has 0 heterocycles. The standard InChI is InChI=1S/C19H12Br2N2O5S/c20-17-10-13(12-22-14-6-8-15(9-7-14)23(24)25)11-18(21)19(17)28-29(26,27)16-4-2-1-3-5-16/h1-12H. The van der Waals surface area contributed by atoms with Gasteiger partial charge in [0, 0.05) is 18.3 Å². The molecule has 0 radical (unpaired) electrons. The molecule has 0 saturated carbocycles. The SMILES string of the molecule is O=[N+]([O-])c1ccc(N=Cc2cc(Br)c(OS(=O)(=O)c3ccccc3)c(Br)c2)cc1. The molecule has 0 aliphatic carbocycles. The lowest BCUT2D eigenvalue weighted by atomic mass is 10.2. The third-order valence-electron chi connectivity index (χ3n) is 3.67.